The zero-order valence-electron chi connectivity index (χ0n) is 11.7. The Hall–Kier alpha value is -2.89. The Bertz CT molecular complexity index is 1010. The van der Waals surface area contributed by atoms with E-state index in [9.17, 15) is 13.2 Å². The summed E-state index contributed by atoms with van der Waals surface area (Å²) in [5, 5.41) is 1.11. The number of pyridine rings is 2. The highest BCUT2D eigenvalue weighted by Crippen LogP contribution is 2.34. The van der Waals surface area contributed by atoms with Crippen molar-refractivity contribution in [3.05, 3.63) is 60.4 Å². The van der Waals surface area contributed by atoms with Gasteiger partial charge in [-0.3, -0.25) is 4.98 Å². The molecule has 0 unspecified atom stereocenters. The van der Waals surface area contributed by atoms with E-state index >= 15 is 0 Å². The minimum absolute atomic E-state index is 0.232. The number of nitrogens with zero attached hydrogens (tertiary/aromatic N) is 2. The number of nitrogens with one attached hydrogen (secondary N) is 1. The number of H-pyrrole nitrogens is 1. The Morgan fingerprint density at radius 1 is 0.913 bits per heavy atom. The second kappa shape index (κ2) is 5.08. The van der Waals surface area contributed by atoms with Gasteiger partial charge in [0.1, 0.15) is 5.69 Å². The number of hydrogen-bond donors (Lipinski definition) is 1. The van der Waals surface area contributed by atoms with E-state index in [1.807, 2.05) is 6.07 Å². The van der Waals surface area contributed by atoms with Crippen molar-refractivity contribution in [1.29, 1.82) is 0 Å². The summed E-state index contributed by atoms with van der Waals surface area (Å²) in [6.07, 6.45) is 0.161. The van der Waals surface area contributed by atoms with Crippen LogP contribution in [0.15, 0.2) is 48.8 Å². The van der Waals surface area contributed by atoms with E-state index in [1.54, 1.807) is 24.3 Å². The van der Waals surface area contributed by atoms with Crippen LogP contribution in [0.4, 0.5) is 13.2 Å². The van der Waals surface area contributed by atoms with Crippen LogP contribution in [0.25, 0.3) is 32.9 Å². The molecule has 0 radical (unpaired) electrons. The van der Waals surface area contributed by atoms with Crippen LogP contribution in [0.2, 0.25) is 0 Å². The number of hydrogen-bond acceptors (Lipinski definition) is 2. The molecule has 3 aromatic heterocycles. The third-order valence-corrected chi connectivity index (χ3v) is 3.81. The summed E-state index contributed by atoms with van der Waals surface area (Å²) < 4.78 is 39.2. The van der Waals surface area contributed by atoms with Crippen LogP contribution in [0.5, 0.6) is 0 Å². The first-order chi connectivity index (χ1) is 11.1. The van der Waals surface area contributed by atoms with Crippen LogP contribution < -0.4 is 0 Å². The molecule has 0 aliphatic carbocycles. The van der Waals surface area contributed by atoms with E-state index in [1.165, 1.54) is 18.5 Å². The normalized spacial score (nSPS) is 11.7. The van der Waals surface area contributed by atoms with Gasteiger partial charge in [0.2, 0.25) is 5.95 Å². The molecule has 3 nitrogen and oxygen atoms in total. The number of aromatic nitrogens is 3. The van der Waals surface area contributed by atoms with E-state index in [2.05, 4.69) is 15.0 Å². The van der Waals surface area contributed by atoms with E-state index in [0.717, 1.165) is 16.6 Å². The molecule has 0 saturated carbocycles. The van der Waals surface area contributed by atoms with Crippen LogP contribution in [-0.4, -0.2) is 15.0 Å². The first kappa shape index (κ1) is 13.8. The van der Waals surface area contributed by atoms with Gasteiger partial charge in [-0.05, 0) is 29.8 Å². The molecule has 4 aromatic rings. The van der Waals surface area contributed by atoms with Crippen LogP contribution in [-0.2, 0) is 0 Å². The van der Waals surface area contributed by atoms with Gasteiger partial charge >= 0.3 is 0 Å². The maximum absolute atomic E-state index is 13.2. The van der Waals surface area contributed by atoms with Gasteiger partial charge in [0.05, 0.1) is 5.52 Å². The van der Waals surface area contributed by atoms with Crippen LogP contribution in [0, 0.1) is 5.95 Å². The minimum Gasteiger partial charge on any atom is -0.354 e. The Kier molecular flexibility index (Phi) is 3.04. The number of alkyl halides is 2. The predicted octanol–water partition coefficient (Wildman–Crippen LogP) is 4.85. The molecule has 0 aliphatic rings. The van der Waals surface area contributed by atoms with Gasteiger partial charge in [0.15, 0.2) is 0 Å². The number of fused-ring (bicyclic) bond motifs is 3. The summed E-state index contributed by atoms with van der Waals surface area (Å²) in [4.78, 5) is 10.6. The number of halogens is 3. The summed E-state index contributed by atoms with van der Waals surface area (Å²) in [5.74, 6) is -0.548. The van der Waals surface area contributed by atoms with Crippen molar-refractivity contribution in [2.24, 2.45) is 0 Å². The number of aromatic amines is 1. The zero-order chi connectivity index (χ0) is 16.0. The predicted molar refractivity (Wildman–Crippen MR) is 81.7 cm³/mol. The highest BCUT2D eigenvalue weighted by molar-refractivity contribution is 6.09. The molecule has 0 aliphatic heterocycles. The van der Waals surface area contributed by atoms with E-state index in [-0.39, 0.29) is 5.69 Å². The molecule has 6 heteroatoms. The largest absolute Gasteiger partial charge is 0.354 e. The monoisotopic (exact) mass is 313 g/mol. The first-order valence-electron chi connectivity index (χ1n) is 6.94. The SMILES string of the molecule is Fc1ccc(-c2ccc3c(c2)[nH]c2ccnc(C(F)F)c23)cn1. The van der Waals surface area contributed by atoms with Gasteiger partial charge in [-0.25, -0.2) is 13.8 Å². The van der Waals surface area contributed by atoms with Crippen molar-refractivity contribution >= 4 is 21.8 Å². The lowest BCUT2D eigenvalue weighted by Crippen LogP contribution is -1.89. The molecule has 1 aromatic carbocycles. The maximum atomic E-state index is 13.2. The second-order valence-electron chi connectivity index (χ2n) is 5.17. The van der Waals surface area contributed by atoms with Crippen LogP contribution in [0.3, 0.4) is 0 Å². The Morgan fingerprint density at radius 2 is 1.74 bits per heavy atom. The van der Waals surface area contributed by atoms with Gasteiger partial charge in [-0.15, -0.1) is 0 Å². The fourth-order valence-electron chi connectivity index (χ4n) is 2.77. The topological polar surface area (TPSA) is 41.6 Å². The van der Waals surface area contributed by atoms with Gasteiger partial charge in [0, 0.05) is 34.2 Å². The molecule has 0 amide bonds. The summed E-state index contributed by atoms with van der Waals surface area (Å²) in [7, 11) is 0. The highest BCUT2D eigenvalue weighted by atomic mass is 19.3. The smallest absolute Gasteiger partial charge is 0.281 e. The fraction of sp³-hybridized carbons (Fsp3) is 0.0588. The molecule has 0 atom stereocenters. The molecule has 1 N–H and O–H groups in total. The Morgan fingerprint density at radius 3 is 2.48 bits per heavy atom. The summed E-state index contributed by atoms with van der Waals surface area (Å²) in [5.41, 5.74) is 2.67. The third-order valence-electron chi connectivity index (χ3n) is 3.81. The van der Waals surface area contributed by atoms with E-state index in [4.69, 9.17) is 0 Å². The molecule has 0 bridgehead atoms. The average molecular weight is 313 g/mol. The molecule has 3 heterocycles. The highest BCUT2D eigenvalue weighted by Gasteiger charge is 2.17. The maximum Gasteiger partial charge on any atom is 0.281 e. The number of rotatable bonds is 2. The van der Waals surface area contributed by atoms with E-state index < -0.39 is 12.4 Å². The fourth-order valence-corrected chi connectivity index (χ4v) is 2.77. The van der Waals surface area contributed by atoms with Crippen molar-refractivity contribution in [2.45, 2.75) is 6.43 Å². The van der Waals surface area contributed by atoms with Crippen LogP contribution in [0.1, 0.15) is 12.1 Å². The molecule has 114 valence electrons. The molecular weight excluding hydrogens is 303 g/mol. The summed E-state index contributed by atoms with van der Waals surface area (Å²) in [6, 6.07) is 9.97. The Labute approximate surface area is 128 Å². The van der Waals surface area contributed by atoms with Gasteiger partial charge in [-0.2, -0.15) is 4.39 Å². The van der Waals surface area contributed by atoms with Gasteiger partial charge in [0.25, 0.3) is 6.43 Å². The molecule has 0 saturated heterocycles. The quantitative estimate of drug-likeness (QED) is 0.537. The lowest BCUT2D eigenvalue weighted by molar-refractivity contribution is 0.148. The molecule has 0 spiro atoms. The number of benzene rings is 1. The Balaban J connectivity index is 1.95. The van der Waals surface area contributed by atoms with Crippen molar-refractivity contribution < 1.29 is 13.2 Å². The molecule has 23 heavy (non-hydrogen) atoms. The zero-order valence-corrected chi connectivity index (χ0v) is 11.7. The summed E-state index contributed by atoms with van der Waals surface area (Å²) in [6.45, 7) is 0. The average Bonchev–Trinajstić information content (AvgIpc) is 2.92. The van der Waals surface area contributed by atoms with Crippen molar-refractivity contribution in [3.63, 3.8) is 0 Å². The van der Waals surface area contributed by atoms with Crippen molar-refractivity contribution in [3.8, 4) is 11.1 Å². The third kappa shape index (κ3) is 2.23. The standard InChI is InChI=1S/C17H10F3N3/c18-14-4-2-10(8-22-14)9-1-3-11-13(7-9)23-12-5-6-21-16(15(11)12)17(19)20/h1-8,17,23H. The van der Waals surface area contributed by atoms with Gasteiger partial charge in [-0.1, -0.05) is 12.1 Å². The first-order valence-corrected chi connectivity index (χ1v) is 6.94. The van der Waals surface area contributed by atoms with Crippen molar-refractivity contribution in [1.82, 2.24) is 15.0 Å². The van der Waals surface area contributed by atoms with Crippen molar-refractivity contribution in [2.75, 3.05) is 0 Å². The minimum atomic E-state index is -2.64. The second-order valence-corrected chi connectivity index (χ2v) is 5.17. The molecule has 4 rings (SSSR count). The van der Waals surface area contributed by atoms with Crippen LogP contribution >= 0.6 is 0 Å². The van der Waals surface area contributed by atoms with E-state index in [0.29, 0.717) is 16.3 Å². The molecular formula is C17H10F3N3. The van der Waals surface area contributed by atoms with Gasteiger partial charge < -0.3 is 4.98 Å². The lowest BCUT2D eigenvalue weighted by atomic mass is 10.0. The molecule has 0 fully saturated rings. The summed E-state index contributed by atoms with van der Waals surface area (Å²) >= 11 is 0. The lowest BCUT2D eigenvalue weighted by Gasteiger charge is -2.03.